The Morgan fingerprint density at radius 2 is 2.00 bits per heavy atom. The molecule has 2 nitrogen and oxygen atoms in total. The van der Waals surface area contributed by atoms with E-state index in [-0.39, 0.29) is 0 Å². The molecule has 0 saturated heterocycles. The van der Waals surface area contributed by atoms with Crippen molar-refractivity contribution in [3.05, 3.63) is 57.8 Å². The number of benzene rings is 1. The minimum Gasteiger partial charge on any atom is -0.313 e. The average molecular weight is 302 g/mol. The molecule has 2 rings (SSSR count). The zero-order chi connectivity index (χ0) is 14.9. The van der Waals surface area contributed by atoms with Gasteiger partial charge in [0.1, 0.15) is 0 Å². The van der Waals surface area contributed by atoms with Crippen LogP contribution < -0.4 is 5.32 Å². The van der Waals surface area contributed by atoms with Crippen molar-refractivity contribution in [1.82, 2.24) is 10.2 Å². The second-order valence-electron chi connectivity index (χ2n) is 5.56. The lowest BCUT2D eigenvalue weighted by Crippen LogP contribution is -2.20. The van der Waals surface area contributed by atoms with Crippen LogP contribution in [0.5, 0.6) is 0 Å². The molecule has 0 radical (unpaired) electrons. The Kier molecular flexibility index (Phi) is 6.93. The first-order valence-electron chi connectivity index (χ1n) is 7.77. The fraction of sp³-hybridized carbons (Fsp3) is 0.444. The predicted molar refractivity (Wildman–Crippen MR) is 92.8 cm³/mol. The number of rotatable bonds is 9. The molecule has 1 aromatic carbocycles. The van der Waals surface area contributed by atoms with Gasteiger partial charge in [-0.15, -0.1) is 11.3 Å². The van der Waals surface area contributed by atoms with Crippen molar-refractivity contribution in [3.63, 3.8) is 0 Å². The summed E-state index contributed by atoms with van der Waals surface area (Å²) in [5.41, 5.74) is 2.78. The highest BCUT2D eigenvalue weighted by molar-refractivity contribution is 7.09. The molecule has 114 valence electrons. The first kappa shape index (κ1) is 16.2. The molecule has 3 heteroatoms. The van der Waals surface area contributed by atoms with E-state index in [1.807, 2.05) is 11.3 Å². The molecule has 0 atom stereocenters. The molecule has 0 amide bonds. The highest BCUT2D eigenvalue weighted by Gasteiger charge is 2.03. The highest BCUT2D eigenvalue weighted by atomic mass is 32.1. The summed E-state index contributed by atoms with van der Waals surface area (Å²) < 4.78 is 0. The summed E-state index contributed by atoms with van der Waals surface area (Å²) in [5.74, 6) is 0. The molecule has 21 heavy (non-hydrogen) atoms. The SMILES string of the molecule is CCCNCc1cccc(CN(C)CCc2cccs2)c1. The molecular formula is C18H26N2S. The van der Waals surface area contributed by atoms with E-state index in [4.69, 9.17) is 0 Å². The minimum absolute atomic E-state index is 0.973. The van der Waals surface area contributed by atoms with Gasteiger partial charge in [-0.2, -0.15) is 0 Å². The minimum atomic E-state index is 0.973. The quantitative estimate of drug-likeness (QED) is 0.706. The summed E-state index contributed by atoms with van der Waals surface area (Å²) in [5, 5.41) is 5.62. The molecule has 1 N–H and O–H groups in total. The summed E-state index contributed by atoms with van der Waals surface area (Å²) in [6, 6.07) is 13.3. The third kappa shape index (κ3) is 6.00. The van der Waals surface area contributed by atoms with Gasteiger partial charge in [0, 0.05) is 24.5 Å². The smallest absolute Gasteiger partial charge is 0.0230 e. The summed E-state index contributed by atoms with van der Waals surface area (Å²) in [7, 11) is 2.20. The third-order valence-corrected chi connectivity index (χ3v) is 4.46. The van der Waals surface area contributed by atoms with Gasteiger partial charge in [0.25, 0.3) is 0 Å². The number of thiophene rings is 1. The van der Waals surface area contributed by atoms with Gasteiger partial charge in [-0.25, -0.2) is 0 Å². The maximum Gasteiger partial charge on any atom is 0.0230 e. The van der Waals surface area contributed by atoms with Crippen LogP contribution in [0.3, 0.4) is 0 Å². The topological polar surface area (TPSA) is 15.3 Å². The molecule has 0 unspecified atom stereocenters. The Balaban J connectivity index is 1.79. The van der Waals surface area contributed by atoms with E-state index in [2.05, 4.69) is 66.0 Å². The van der Waals surface area contributed by atoms with Crippen LogP contribution in [-0.4, -0.2) is 25.0 Å². The van der Waals surface area contributed by atoms with Crippen LogP contribution in [0, 0.1) is 0 Å². The van der Waals surface area contributed by atoms with Crippen LogP contribution >= 0.6 is 11.3 Å². The van der Waals surface area contributed by atoms with Crippen molar-refractivity contribution in [2.24, 2.45) is 0 Å². The average Bonchev–Trinajstić information content (AvgIpc) is 2.99. The Morgan fingerprint density at radius 3 is 2.76 bits per heavy atom. The highest BCUT2D eigenvalue weighted by Crippen LogP contribution is 2.11. The predicted octanol–water partition coefficient (Wildman–Crippen LogP) is 3.92. The molecule has 0 aliphatic rings. The molecule has 2 aromatic rings. The van der Waals surface area contributed by atoms with Crippen LogP contribution in [0.25, 0.3) is 0 Å². The lowest BCUT2D eigenvalue weighted by atomic mass is 10.1. The van der Waals surface area contributed by atoms with Crippen LogP contribution in [0.4, 0.5) is 0 Å². The van der Waals surface area contributed by atoms with Gasteiger partial charge in [0.05, 0.1) is 0 Å². The Morgan fingerprint density at radius 1 is 1.14 bits per heavy atom. The van der Waals surface area contributed by atoms with Gasteiger partial charge in [-0.3, -0.25) is 0 Å². The van der Waals surface area contributed by atoms with Gasteiger partial charge in [-0.1, -0.05) is 37.3 Å². The number of hydrogen-bond acceptors (Lipinski definition) is 3. The van der Waals surface area contributed by atoms with Crippen molar-refractivity contribution in [3.8, 4) is 0 Å². The first-order chi connectivity index (χ1) is 10.3. The van der Waals surface area contributed by atoms with Crippen LogP contribution in [0.1, 0.15) is 29.3 Å². The molecule has 0 spiro atoms. The Hall–Kier alpha value is -1.16. The van der Waals surface area contributed by atoms with E-state index in [1.54, 1.807) is 0 Å². The second kappa shape index (κ2) is 8.98. The normalized spacial score (nSPS) is 11.2. The molecule has 0 bridgehead atoms. The lowest BCUT2D eigenvalue weighted by molar-refractivity contribution is 0.332. The van der Waals surface area contributed by atoms with Gasteiger partial charge in [0.15, 0.2) is 0 Å². The molecule has 1 aromatic heterocycles. The molecule has 0 aliphatic carbocycles. The summed E-state index contributed by atoms with van der Waals surface area (Å²) >= 11 is 1.85. The first-order valence-corrected chi connectivity index (χ1v) is 8.65. The maximum absolute atomic E-state index is 3.46. The van der Waals surface area contributed by atoms with Crippen LogP contribution in [-0.2, 0) is 19.5 Å². The van der Waals surface area contributed by atoms with Crippen molar-refractivity contribution in [2.75, 3.05) is 20.1 Å². The monoisotopic (exact) mass is 302 g/mol. The van der Waals surface area contributed by atoms with Crippen LogP contribution in [0.2, 0.25) is 0 Å². The number of nitrogens with one attached hydrogen (secondary N) is 1. The van der Waals surface area contributed by atoms with E-state index in [0.29, 0.717) is 0 Å². The molecule has 0 saturated carbocycles. The van der Waals surface area contributed by atoms with Crippen molar-refractivity contribution < 1.29 is 0 Å². The van der Waals surface area contributed by atoms with Crippen LogP contribution in [0.15, 0.2) is 41.8 Å². The van der Waals surface area contributed by atoms with Crippen molar-refractivity contribution >= 4 is 11.3 Å². The maximum atomic E-state index is 3.46. The zero-order valence-electron chi connectivity index (χ0n) is 13.1. The third-order valence-electron chi connectivity index (χ3n) is 3.52. The van der Waals surface area contributed by atoms with E-state index in [9.17, 15) is 0 Å². The molecular weight excluding hydrogens is 276 g/mol. The Bertz CT molecular complexity index is 508. The van der Waals surface area contributed by atoms with Crippen molar-refractivity contribution in [2.45, 2.75) is 32.9 Å². The second-order valence-corrected chi connectivity index (χ2v) is 6.60. The van der Waals surface area contributed by atoms with E-state index >= 15 is 0 Å². The Labute approximate surface area is 132 Å². The van der Waals surface area contributed by atoms with Gasteiger partial charge in [0.2, 0.25) is 0 Å². The van der Waals surface area contributed by atoms with Gasteiger partial charge in [-0.05, 0) is 49.0 Å². The fourth-order valence-corrected chi connectivity index (χ4v) is 3.09. The van der Waals surface area contributed by atoms with Gasteiger partial charge >= 0.3 is 0 Å². The van der Waals surface area contributed by atoms with E-state index in [1.165, 1.54) is 22.4 Å². The fourth-order valence-electron chi connectivity index (χ4n) is 2.39. The van der Waals surface area contributed by atoms with E-state index in [0.717, 1.165) is 32.6 Å². The molecule has 1 heterocycles. The largest absolute Gasteiger partial charge is 0.313 e. The zero-order valence-corrected chi connectivity index (χ0v) is 14.0. The standard InChI is InChI=1S/C18H26N2S/c1-3-10-19-14-16-6-4-7-17(13-16)15-20(2)11-9-18-8-5-12-21-18/h4-8,12-13,19H,3,9-11,14-15H2,1-2H3. The number of likely N-dealkylation sites (N-methyl/N-ethyl adjacent to an activating group) is 1. The number of nitrogens with zero attached hydrogens (tertiary/aromatic N) is 1. The van der Waals surface area contributed by atoms with Crippen molar-refractivity contribution in [1.29, 1.82) is 0 Å². The summed E-state index contributed by atoms with van der Waals surface area (Å²) in [6.45, 7) is 6.39. The summed E-state index contributed by atoms with van der Waals surface area (Å²) in [4.78, 5) is 3.87. The summed E-state index contributed by atoms with van der Waals surface area (Å²) in [6.07, 6.45) is 2.33. The lowest BCUT2D eigenvalue weighted by Gasteiger charge is -2.17. The van der Waals surface area contributed by atoms with E-state index < -0.39 is 0 Å². The number of hydrogen-bond donors (Lipinski definition) is 1. The molecule has 0 aliphatic heterocycles. The molecule has 0 fully saturated rings. The van der Waals surface area contributed by atoms with Gasteiger partial charge < -0.3 is 10.2 Å².